The smallest absolute Gasteiger partial charge is 0.207 e. The van der Waals surface area contributed by atoms with Crippen LogP contribution in [-0.2, 0) is 0 Å². The van der Waals surface area contributed by atoms with Gasteiger partial charge in [0.2, 0.25) is 5.92 Å². The largest absolute Gasteiger partial charge is 0.416 e. The van der Waals surface area contributed by atoms with Gasteiger partial charge in [-0.3, -0.25) is 0 Å². The first-order valence-corrected chi connectivity index (χ1v) is 6.42. The lowest BCUT2D eigenvalue weighted by atomic mass is 9.83. The third-order valence-corrected chi connectivity index (χ3v) is 2.24. The molecular weight excluding hydrogens is 275 g/mol. The lowest BCUT2D eigenvalue weighted by molar-refractivity contribution is -0.104. The highest BCUT2D eigenvalue weighted by atomic mass is 19.4. The zero-order valence-corrected chi connectivity index (χ0v) is 12.5. The maximum absolute atomic E-state index is 11.9. The lowest BCUT2D eigenvalue weighted by Gasteiger charge is -2.31. The molecule has 0 spiro atoms. The monoisotopic (exact) mass is 298 g/mol. The molecule has 0 N–H and O–H groups in total. The van der Waals surface area contributed by atoms with Crippen molar-refractivity contribution >= 4 is 0 Å². The minimum atomic E-state index is -4.32. The maximum atomic E-state index is 11.9. The summed E-state index contributed by atoms with van der Waals surface area (Å²) in [6.45, 7) is 13.7. The van der Waals surface area contributed by atoms with Gasteiger partial charge in [0.05, 0.1) is 5.57 Å². The van der Waals surface area contributed by atoms with E-state index in [0.29, 0.717) is 5.57 Å². The van der Waals surface area contributed by atoms with Crippen LogP contribution in [0.3, 0.4) is 0 Å². The van der Waals surface area contributed by atoms with Crippen LogP contribution in [0, 0.1) is 5.92 Å². The topological polar surface area (TPSA) is 0 Å². The molecule has 1 fully saturated rings. The number of hydrogen-bond donors (Lipinski definition) is 0. The van der Waals surface area contributed by atoms with Crippen molar-refractivity contribution in [3.8, 4) is 0 Å². The minimum Gasteiger partial charge on any atom is -0.207 e. The van der Waals surface area contributed by atoms with Crippen LogP contribution >= 0.6 is 0 Å². The summed E-state index contributed by atoms with van der Waals surface area (Å²) in [5.41, 5.74) is -0.401. The van der Waals surface area contributed by atoms with Crippen LogP contribution in [0.2, 0.25) is 0 Å². The highest BCUT2D eigenvalue weighted by molar-refractivity contribution is 5.29. The van der Waals surface area contributed by atoms with Crippen LogP contribution in [0.1, 0.15) is 40.5 Å². The van der Waals surface area contributed by atoms with Crippen LogP contribution in [0.5, 0.6) is 0 Å². The number of allylic oxidation sites excluding steroid dienone is 4. The zero-order chi connectivity index (χ0) is 16.6. The molecule has 0 saturated heterocycles. The fourth-order valence-electron chi connectivity index (χ4n) is 1.48. The first kappa shape index (κ1) is 21.2. The molecule has 20 heavy (non-hydrogen) atoms. The predicted octanol–water partition coefficient (Wildman–Crippen LogP) is 6.32. The molecule has 0 heterocycles. The summed E-state index contributed by atoms with van der Waals surface area (Å²) in [4.78, 5) is 0. The average molecular weight is 298 g/mol. The fraction of sp³-hybridized carbons (Fsp3) is 0.600. The molecule has 1 saturated carbocycles. The first-order chi connectivity index (χ1) is 8.98. The Labute approximate surface area is 118 Å². The van der Waals surface area contributed by atoms with Gasteiger partial charge in [0.1, 0.15) is 0 Å². The minimum absolute atomic E-state index is 0.104. The summed E-state index contributed by atoms with van der Waals surface area (Å²) < 4.78 is 59.3. The van der Waals surface area contributed by atoms with E-state index in [-0.39, 0.29) is 18.8 Å². The van der Waals surface area contributed by atoms with Crippen LogP contribution in [0.15, 0.2) is 36.5 Å². The molecule has 5 heteroatoms. The first-order valence-electron chi connectivity index (χ1n) is 6.42. The Balaban J connectivity index is 0. The predicted molar refractivity (Wildman–Crippen MR) is 73.8 cm³/mol. The normalized spacial score (nSPS) is 17.8. The van der Waals surface area contributed by atoms with E-state index < -0.39 is 17.7 Å². The molecule has 0 unspecified atom stereocenters. The van der Waals surface area contributed by atoms with Gasteiger partial charge in [0.25, 0.3) is 0 Å². The van der Waals surface area contributed by atoms with E-state index >= 15 is 0 Å². The quantitative estimate of drug-likeness (QED) is 0.413. The molecule has 0 atom stereocenters. The van der Waals surface area contributed by atoms with Gasteiger partial charge in [0.15, 0.2) is 0 Å². The molecule has 1 aliphatic carbocycles. The van der Waals surface area contributed by atoms with Crippen molar-refractivity contribution < 1.29 is 22.0 Å². The Hall–Kier alpha value is -1.13. The summed E-state index contributed by atoms with van der Waals surface area (Å²) in [5.74, 6) is -2.05. The van der Waals surface area contributed by atoms with Gasteiger partial charge in [-0.15, -0.1) is 0 Å². The fourth-order valence-corrected chi connectivity index (χ4v) is 1.48. The van der Waals surface area contributed by atoms with Crippen LogP contribution in [0.4, 0.5) is 22.0 Å². The van der Waals surface area contributed by atoms with E-state index in [1.165, 1.54) is 6.92 Å². The van der Waals surface area contributed by atoms with E-state index in [1.807, 2.05) is 20.8 Å². The molecule has 0 aromatic carbocycles. The molecule has 0 aromatic heterocycles. The summed E-state index contributed by atoms with van der Waals surface area (Å²) in [6, 6.07) is 0. The molecule has 1 rings (SSSR count). The standard InChI is InChI=1S/C8H9F3.C5H8F2.C2H6/c1-4-7(5-6(2)3)8(9,10)11;1-4-2-5(6,7)3-4;1-2/h4-5H,1-2H2,3H3;4H,2-3H2,1H3;1-2H3/b7-5+;;. The third-order valence-electron chi connectivity index (χ3n) is 2.24. The second-order valence-corrected chi connectivity index (χ2v) is 4.52. The van der Waals surface area contributed by atoms with E-state index in [4.69, 9.17) is 0 Å². The number of rotatable bonds is 2. The van der Waals surface area contributed by atoms with Crippen molar-refractivity contribution in [2.75, 3.05) is 0 Å². The van der Waals surface area contributed by atoms with Gasteiger partial charge in [-0.2, -0.15) is 13.2 Å². The van der Waals surface area contributed by atoms with Crippen molar-refractivity contribution in [3.63, 3.8) is 0 Å². The average Bonchev–Trinajstić information content (AvgIpc) is 2.25. The summed E-state index contributed by atoms with van der Waals surface area (Å²) in [6.07, 6.45) is -2.39. The highest BCUT2D eigenvalue weighted by Gasteiger charge is 2.42. The van der Waals surface area contributed by atoms with E-state index in [1.54, 1.807) is 0 Å². The van der Waals surface area contributed by atoms with Crippen LogP contribution in [0.25, 0.3) is 0 Å². The second kappa shape index (κ2) is 8.93. The summed E-state index contributed by atoms with van der Waals surface area (Å²) in [5, 5.41) is 0. The number of hydrogen-bond acceptors (Lipinski definition) is 0. The third kappa shape index (κ3) is 9.75. The Morgan fingerprint density at radius 3 is 1.65 bits per heavy atom. The Bertz CT molecular complexity index is 329. The SMILES string of the molecule is C=C/C(=C\C(=C)C)C(F)(F)F.CC.CC1CC(F)(F)C1. The molecule has 1 aliphatic rings. The van der Waals surface area contributed by atoms with Gasteiger partial charge in [-0.25, -0.2) is 8.78 Å². The lowest BCUT2D eigenvalue weighted by Crippen LogP contribution is -2.33. The Morgan fingerprint density at radius 2 is 1.60 bits per heavy atom. The molecule has 0 nitrogen and oxygen atoms in total. The molecule has 0 aromatic rings. The van der Waals surface area contributed by atoms with Crippen molar-refractivity contribution in [1.29, 1.82) is 0 Å². The van der Waals surface area contributed by atoms with E-state index in [9.17, 15) is 22.0 Å². The molecule has 0 bridgehead atoms. The summed E-state index contributed by atoms with van der Waals surface area (Å²) >= 11 is 0. The van der Waals surface area contributed by atoms with Crippen LogP contribution < -0.4 is 0 Å². The highest BCUT2D eigenvalue weighted by Crippen LogP contribution is 2.41. The summed E-state index contributed by atoms with van der Waals surface area (Å²) in [7, 11) is 0. The molecule has 0 radical (unpaired) electrons. The van der Waals surface area contributed by atoms with Gasteiger partial charge < -0.3 is 0 Å². The molecule has 0 amide bonds. The molecule has 0 aliphatic heterocycles. The van der Waals surface area contributed by atoms with Crippen LogP contribution in [-0.4, -0.2) is 12.1 Å². The maximum Gasteiger partial charge on any atom is 0.416 e. The van der Waals surface area contributed by atoms with Gasteiger partial charge in [-0.05, 0) is 18.9 Å². The Kier molecular flexibility index (Phi) is 9.45. The van der Waals surface area contributed by atoms with Gasteiger partial charge in [0, 0.05) is 12.8 Å². The van der Waals surface area contributed by atoms with Gasteiger partial charge in [-0.1, -0.05) is 45.6 Å². The van der Waals surface area contributed by atoms with E-state index in [0.717, 1.165) is 12.2 Å². The van der Waals surface area contributed by atoms with Gasteiger partial charge >= 0.3 is 6.18 Å². The zero-order valence-electron chi connectivity index (χ0n) is 12.5. The second-order valence-electron chi connectivity index (χ2n) is 4.52. The number of alkyl halides is 5. The Morgan fingerprint density at radius 1 is 1.20 bits per heavy atom. The number of halogens is 5. The molecule has 118 valence electrons. The van der Waals surface area contributed by atoms with Crippen molar-refractivity contribution in [3.05, 3.63) is 36.5 Å². The molecular formula is C15H23F5. The van der Waals surface area contributed by atoms with Crippen molar-refractivity contribution in [2.45, 2.75) is 52.6 Å². The van der Waals surface area contributed by atoms with E-state index in [2.05, 4.69) is 13.2 Å². The van der Waals surface area contributed by atoms with Crippen molar-refractivity contribution in [2.24, 2.45) is 5.92 Å². The van der Waals surface area contributed by atoms with Crippen molar-refractivity contribution in [1.82, 2.24) is 0 Å².